The maximum atomic E-state index is 13.0. The molecule has 34 heavy (non-hydrogen) atoms. The van der Waals surface area contributed by atoms with Crippen molar-refractivity contribution in [3.8, 4) is 11.5 Å². The van der Waals surface area contributed by atoms with Crippen LogP contribution in [0.15, 0.2) is 66.7 Å². The predicted octanol–water partition coefficient (Wildman–Crippen LogP) is 5.00. The number of amides is 2. The molecule has 4 rings (SSSR count). The molecule has 172 valence electrons. The number of esters is 1. The quantitative estimate of drug-likeness (QED) is 0.211. The average Bonchev–Trinajstić information content (AvgIpc) is 3.07. The van der Waals surface area contributed by atoms with Crippen LogP contribution in [0.4, 0.5) is 11.4 Å². The van der Waals surface area contributed by atoms with Gasteiger partial charge in [0, 0.05) is 12.1 Å². The van der Waals surface area contributed by atoms with Crippen LogP contribution < -0.4 is 9.64 Å². The molecular weight excluding hydrogens is 440 g/mol. The fourth-order valence-corrected chi connectivity index (χ4v) is 3.36. The van der Waals surface area contributed by atoms with Crippen molar-refractivity contribution in [1.82, 2.24) is 0 Å². The Labute approximate surface area is 194 Å². The second-order valence-electron chi connectivity index (χ2n) is 8.05. The highest BCUT2D eigenvalue weighted by Crippen LogP contribution is 2.33. The number of carbonyl (C=O) groups excluding carboxylic acids is 3. The minimum atomic E-state index is -0.524. The van der Waals surface area contributed by atoms with E-state index in [1.807, 2.05) is 13.8 Å². The van der Waals surface area contributed by atoms with Gasteiger partial charge in [-0.3, -0.25) is 19.7 Å². The van der Waals surface area contributed by atoms with Gasteiger partial charge in [0.1, 0.15) is 11.5 Å². The van der Waals surface area contributed by atoms with E-state index in [2.05, 4.69) is 0 Å². The highest BCUT2D eigenvalue weighted by molar-refractivity contribution is 6.34. The summed E-state index contributed by atoms with van der Waals surface area (Å²) in [5, 5.41) is 10.8. The average molecular weight is 460 g/mol. The number of rotatable bonds is 7. The summed E-state index contributed by atoms with van der Waals surface area (Å²) >= 11 is 0. The van der Waals surface area contributed by atoms with E-state index in [0.29, 0.717) is 29.4 Å². The predicted molar refractivity (Wildman–Crippen MR) is 122 cm³/mol. The highest BCUT2D eigenvalue weighted by Gasteiger charge is 2.37. The third-order valence-electron chi connectivity index (χ3n) is 5.05. The minimum Gasteiger partial charge on any atom is -0.462 e. The van der Waals surface area contributed by atoms with Gasteiger partial charge in [0.15, 0.2) is 0 Å². The van der Waals surface area contributed by atoms with Crippen molar-refractivity contribution in [1.29, 1.82) is 0 Å². The number of nitrogens with zero attached hydrogens (tertiary/aromatic N) is 2. The molecule has 0 saturated heterocycles. The molecule has 1 aliphatic heterocycles. The van der Waals surface area contributed by atoms with Crippen LogP contribution >= 0.6 is 0 Å². The van der Waals surface area contributed by atoms with Gasteiger partial charge in [-0.15, -0.1) is 0 Å². The molecule has 1 aliphatic rings. The first-order valence-corrected chi connectivity index (χ1v) is 10.5. The second kappa shape index (κ2) is 9.14. The maximum absolute atomic E-state index is 13.0. The van der Waals surface area contributed by atoms with Gasteiger partial charge in [-0.1, -0.05) is 13.8 Å². The molecule has 9 nitrogen and oxygen atoms in total. The van der Waals surface area contributed by atoms with Crippen LogP contribution in [0.1, 0.15) is 44.9 Å². The molecule has 9 heteroatoms. The smallest absolute Gasteiger partial charge is 0.338 e. The summed E-state index contributed by atoms with van der Waals surface area (Å²) < 4.78 is 10.9. The van der Waals surface area contributed by atoms with E-state index in [0.717, 1.165) is 4.90 Å². The lowest BCUT2D eigenvalue weighted by Crippen LogP contribution is -2.29. The molecule has 0 saturated carbocycles. The normalized spacial score (nSPS) is 12.6. The Morgan fingerprint density at radius 1 is 0.912 bits per heavy atom. The molecule has 0 radical (unpaired) electrons. The van der Waals surface area contributed by atoms with Crippen molar-refractivity contribution in [3.05, 3.63) is 93.5 Å². The van der Waals surface area contributed by atoms with Crippen LogP contribution in [0.5, 0.6) is 11.5 Å². The fraction of sp³-hybridized carbons (Fsp3) is 0.160. The van der Waals surface area contributed by atoms with E-state index in [4.69, 9.17) is 9.47 Å². The molecular formula is C25H20N2O7. The Kier molecular flexibility index (Phi) is 6.09. The standard InChI is InChI=1S/C25H20N2O7/c1-15(2)14-33-25(30)16-3-5-17(6-4-16)26-23(28)21-12-11-20(13-22(21)24(26)29)34-19-9-7-18(8-10-19)27(31)32/h3-13,15H,14H2,1-2H3. The Bertz CT molecular complexity index is 1280. The van der Waals surface area contributed by atoms with E-state index in [1.165, 1.54) is 60.7 Å². The number of benzene rings is 3. The number of nitro benzene ring substituents is 1. The number of nitro groups is 1. The lowest BCUT2D eigenvalue weighted by atomic mass is 10.1. The molecule has 3 aromatic carbocycles. The van der Waals surface area contributed by atoms with Gasteiger partial charge in [0.2, 0.25) is 0 Å². The number of hydrogen-bond acceptors (Lipinski definition) is 7. The molecule has 0 fully saturated rings. The lowest BCUT2D eigenvalue weighted by Gasteiger charge is -2.14. The Balaban J connectivity index is 1.52. The van der Waals surface area contributed by atoms with Crippen LogP contribution in [0.2, 0.25) is 0 Å². The minimum absolute atomic E-state index is 0.0723. The van der Waals surface area contributed by atoms with E-state index in [1.54, 1.807) is 6.07 Å². The summed E-state index contributed by atoms with van der Waals surface area (Å²) in [7, 11) is 0. The topological polar surface area (TPSA) is 116 Å². The van der Waals surface area contributed by atoms with E-state index < -0.39 is 22.7 Å². The zero-order valence-corrected chi connectivity index (χ0v) is 18.4. The molecule has 3 aromatic rings. The summed E-state index contributed by atoms with van der Waals surface area (Å²) in [6, 6.07) is 16.0. The number of fused-ring (bicyclic) bond motifs is 1. The number of carbonyl (C=O) groups is 3. The molecule has 2 amide bonds. The Morgan fingerprint density at radius 3 is 2.15 bits per heavy atom. The first-order chi connectivity index (χ1) is 16.2. The zero-order valence-electron chi connectivity index (χ0n) is 18.4. The van der Waals surface area contributed by atoms with Crippen LogP contribution in [0.3, 0.4) is 0 Å². The van der Waals surface area contributed by atoms with Crippen molar-refractivity contribution in [2.45, 2.75) is 13.8 Å². The van der Waals surface area contributed by atoms with Crippen LogP contribution in [-0.2, 0) is 4.74 Å². The van der Waals surface area contributed by atoms with Crippen LogP contribution in [0.25, 0.3) is 0 Å². The molecule has 0 spiro atoms. The molecule has 0 bridgehead atoms. The molecule has 0 unspecified atom stereocenters. The molecule has 1 heterocycles. The number of anilines is 1. The second-order valence-corrected chi connectivity index (χ2v) is 8.05. The van der Waals surface area contributed by atoms with E-state index >= 15 is 0 Å². The molecule has 0 aliphatic carbocycles. The number of hydrogen-bond donors (Lipinski definition) is 0. The van der Waals surface area contributed by atoms with Gasteiger partial charge in [0.05, 0.1) is 33.9 Å². The fourth-order valence-electron chi connectivity index (χ4n) is 3.36. The van der Waals surface area contributed by atoms with Crippen LogP contribution in [-0.4, -0.2) is 29.3 Å². The SMILES string of the molecule is CC(C)COC(=O)c1ccc(N2C(=O)c3ccc(Oc4ccc([N+](=O)[O-])cc4)cc3C2=O)cc1. The Hall–Kier alpha value is -4.53. The summed E-state index contributed by atoms with van der Waals surface area (Å²) in [6.45, 7) is 4.16. The summed E-state index contributed by atoms with van der Waals surface area (Å²) in [5.41, 5.74) is 0.965. The van der Waals surface area contributed by atoms with E-state index in [-0.39, 0.29) is 22.7 Å². The largest absolute Gasteiger partial charge is 0.462 e. The van der Waals surface area contributed by atoms with E-state index in [9.17, 15) is 24.5 Å². The maximum Gasteiger partial charge on any atom is 0.338 e. The first kappa shape index (κ1) is 22.7. The number of non-ortho nitro benzene ring substituents is 1. The van der Waals surface area contributed by atoms with Crippen molar-refractivity contribution >= 4 is 29.2 Å². The molecule has 0 N–H and O–H groups in total. The summed E-state index contributed by atoms with van der Waals surface area (Å²) in [6.07, 6.45) is 0. The third kappa shape index (κ3) is 4.49. The summed E-state index contributed by atoms with van der Waals surface area (Å²) in [5.74, 6) is -0.634. The summed E-state index contributed by atoms with van der Waals surface area (Å²) in [4.78, 5) is 49.3. The van der Waals surface area contributed by atoms with Gasteiger partial charge in [-0.25, -0.2) is 9.69 Å². The van der Waals surface area contributed by atoms with Crippen molar-refractivity contribution in [3.63, 3.8) is 0 Å². The Morgan fingerprint density at radius 2 is 1.53 bits per heavy atom. The highest BCUT2D eigenvalue weighted by atomic mass is 16.6. The molecule has 0 aromatic heterocycles. The van der Waals surface area contributed by atoms with Gasteiger partial charge in [0.25, 0.3) is 17.5 Å². The van der Waals surface area contributed by atoms with Gasteiger partial charge in [-0.05, 0) is 60.5 Å². The molecule has 0 atom stereocenters. The monoisotopic (exact) mass is 460 g/mol. The zero-order chi connectivity index (χ0) is 24.4. The van der Waals surface area contributed by atoms with Gasteiger partial charge >= 0.3 is 5.97 Å². The number of ether oxygens (including phenoxy) is 2. The van der Waals surface area contributed by atoms with Crippen molar-refractivity contribution in [2.75, 3.05) is 11.5 Å². The van der Waals surface area contributed by atoms with Gasteiger partial charge in [-0.2, -0.15) is 0 Å². The third-order valence-corrected chi connectivity index (χ3v) is 5.05. The number of imide groups is 1. The van der Waals surface area contributed by atoms with Crippen LogP contribution in [0, 0.1) is 16.0 Å². The van der Waals surface area contributed by atoms with Gasteiger partial charge < -0.3 is 9.47 Å². The first-order valence-electron chi connectivity index (χ1n) is 10.5. The van der Waals surface area contributed by atoms with Crippen molar-refractivity contribution in [2.24, 2.45) is 5.92 Å². The van der Waals surface area contributed by atoms with Crippen molar-refractivity contribution < 1.29 is 28.8 Å². The lowest BCUT2D eigenvalue weighted by molar-refractivity contribution is -0.384.